The number of aliphatic hydroxyl groups excluding tert-OH is 1. The Kier molecular flexibility index (Phi) is 5.01. The van der Waals surface area contributed by atoms with E-state index >= 15 is 0 Å². The van der Waals surface area contributed by atoms with E-state index in [2.05, 4.69) is 15.6 Å². The van der Waals surface area contributed by atoms with E-state index in [1.807, 2.05) is 12.1 Å². The Morgan fingerprint density at radius 3 is 2.56 bits per heavy atom. The molecule has 0 unspecified atom stereocenters. The van der Waals surface area contributed by atoms with Crippen LogP contribution in [-0.2, 0) is 22.7 Å². The van der Waals surface area contributed by atoms with Gasteiger partial charge in [0.25, 0.3) is 0 Å². The number of amides is 2. The SMILES string of the molecule is O=C(NCc1ccccc1CO)C(=O)Nc1ccc2ncccc2c1. The Labute approximate surface area is 144 Å². The van der Waals surface area contributed by atoms with Gasteiger partial charge in [0.05, 0.1) is 12.1 Å². The minimum Gasteiger partial charge on any atom is -0.392 e. The Morgan fingerprint density at radius 1 is 0.960 bits per heavy atom. The van der Waals surface area contributed by atoms with Crippen molar-refractivity contribution in [2.75, 3.05) is 5.32 Å². The third kappa shape index (κ3) is 3.99. The van der Waals surface area contributed by atoms with Gasteiger partial charge >= 0.3 is 11.8 Å². The minimum absolute atomic E-state index is 0.122. The van der Waals surface area contributed by atoms with Gasteiger partial charge in [-0.3, -0.25) is 14.6 Å². The number of rotatable bonds is 4. The normalized spacial score (nSPS) is 10.4. The fourth-order valence-corrected chi connectivity index (χ4v) is 2.48. The second kappa shape index (κ2) is 7.55. The molecule has 0 radical (unpaired) electrons. The molecule has 1 aromatic heterocycles. The van der Waals surface area contributed by atoms with Crippen LogP contribution in [0.25, 0.3) is 10.9 Å². The average molecular weight is 335 g/mol. The number of nitrogens with zero attached hydrogens (tertiary/aromatic N) is 1. The number of hydrogen-bond donors (Lipinski definition) is 3. The molecule has 0 saturated heterocycles. The summed E-state index contributed by atoms with van der Waals surface area (Å²) < 4.78 is 0. The highest BCUT2D eigenvalue weighted by molar-refractivity contribution is 6.39. The molecule has 3 rings (SSSR count). The Morgan fingerprint density at radius 2 is 1.76 bits per heavy atom. The quantitative estimate of drug-likeness (QED) is 0.636. The van der Waals surface area contributed by atoms with Crippen molar-refractivity contribution >= 4 is 28.4 Å². The molecule has 0 saturated carbocycles. The maximum absolute atomic E-state index is 12.0. The summed E-state index contributed by atoms with van der Waals surface area (Å²) in [4.78, 5) is 28.2. The van der Waals surface area contributed by atoms with E-state index < -0.39 is 11.8 Å². The van der Waals surface area contributed by atoms with Gasteiger partial charge in [-0.25, -0.2) is 0 Å². The summed E-state index contributed by atoms with van der Waals surface area (Å²) in [5.74, 6) is -1.48. The first-order valence-electron chi connectivity index (χ1n) is 7.79. The van der Waals surface area contributed by atoms with Crippen molar-refractivity contribution in [3.05, 3.63) is 71.9 Å². The molecule has 0 fully saturated rings. The van der Waals surface area contributed by atoms with Crippen molar-refractivity contribution in [1.29, 1.82) is 0 Å². The lowest BCUT2D eigenvalue weighted by atomic mass is 10.1. The number of benzene rings is 2. The maximum Gasteiger partial charge on any atom is 0.313 e. The molecule has 0 aliphatic carbocycles. The van der Waals surface area contributed by atoms with Crippen molar-refractivity contribution in [3.8, 4) is 0 Å². The highest BCUT2D eigenvalue weighted by Crippen LogP contribution is 2.16. The van der Waals surface area contributed by atoms with Crippen LogP contribution in [0.1, 0.15) is 11.1 Å². The average Bonchev–Trinajstić information content (AvgIpc) is 2.66. The Balaban J connectivity index is 1.63. The lowest BCUT2D eigenvalue weighted by Crippen LogP contribution is -2.35. The van der Waals surface area contributed by atoms with Gasteiger partial charge in [0.2, 0.25) is 0 Å². The molecule has 6 heteroatoms. The third-order valence-corrected chi connectivity index (χ3v) is 3.80. The second-order valence-electron chi connectivity index (χ2n) is 5.47. The molecule has 0 aliphatic heterocycles. The van der Waals surface area contributed by atoms with Gasteiger partial charge in [-0.15, -0.1) is 0 Å². The van der Waals surface area contributed by atoms with Crippen LogP contribution < -0.4 is 10.6 Å². The fourth-order valence-electron chi connectivity index (χ4n) is 2.48. The fraction of sp³-hybridized carbons (Fsp3) is 0.105. The number of fused-ring (bicyclic) bond motifs is 1. The number of nitrogens with one attached hydrogen (secondary N) is 2. The standard InChI is InChI=1S/C19H17N3O3/c23-12-15-5-2-1-4-14(15)11-21-18(24)19(25)22-16-7-8-17-13(10-16)6-3-9-20-17/h1-10,23H,11-12H2,(H,21,24)(H,22,25). The van der Waals surface area contributed by atoms with Gasteiger partial charge in [0.1, 0.15) is 0 Å². The molecule has 3 aromatic rings. The summed E-state index contributed by atoms with van der Waals surface area (Å²) in [6.07, 6.45) is 1.69. The molecule has 25 heavy (non-hydrogen) atoms. The van der Waals surface area contributed by atoms with Gasteiger partial charge < -0.3 is 15.7 Å². The topological polar surface area (TPSA) is 91.3 Å². The predicted molar refractivity (Wildman–Crippen MR) is 94.6 cm³/mol. The number of carbonyl (C=O) groups excluding carboxylic acids is 2. The van der Waals surface area contributed by atoms with Crippen LogP contribution in [0.5, 0.6) is 0 Å². The summed E-state index contributed by atoms with van der Waals surface area (Å²) in [7, 11) is 0. The minimum atomic E-state index is -0.746. The molecular formula is C19H17N3O3. The molecule has 0 atom stereocenters. The maximum atomic E-state index is 12.0. The number of aliphatic hydroxyl groups is 1. The van der Waals surface area contributed by atoms with E-state index in [1.165, 1.54) is 0 Å². The van der Waals surface area contributed by atoms with Crippen LogP contribution in [0.15, 0.2) is 60.8 Å². The molecule has 0 bridgehead atoms. The van der Waals surface area contributed by atoms with E-state index in [0.29, 0.717) is 11.3 Å². The van der Waals surface area contributed by atoms with Crippen molar-refractivity contribution in [2.45, 2.75) is 13.2 Å². The number of anilines is 1. The second-order valence-corrected chi connectivity index (χ2v) is 5.47. The van der Waals surface area contributed by atoms with Crippen molar-refractivity contribution in [2.24, 2.45) is 0 Å². The van der Waals surface area contributed by atoms with Crippen LogP contribution in [-0.4, -0.2) is 21.9 Å². The van der Waals surface area contributed by atoms with Crippen molar-refractivity contribution in [1.82, 2.24) is 10.3 Å². The molecular weight excluding hydrogens is 318 g/mol. The van der Waals surface area contributed by atoms with Gasteiger partial charge in [-0.05, 0) is 35.4 Å². The van der Waals surface area contributed by atoms with E-state index in [-0.39, 0.29) is 13.2 Å². The monoisotopic (exact) mass is 335 g/mol. The van der Waals surface area contributed by atoms with Gasteiger partial charge in [0, 0.05) is 23.8 Å². The summed E-state index contributed by atoms with van der Waals surface area (Å²) in [5, 5.41) is 15.3. The van der Waals surface area contributed by atoms with Crippen molar-refractivity contribution < 1.29 is 14.7 Å². The van der Waals surface area contributed by atoms with Crippen LogP contribution >= 0.6 is 0 Å². The zero-order valence-corrected chi connectivity index (χ0v) is 13.4. The van der Waals surface area contributed by atoms with Crippen molar-refractivity contribution in [3.63, 3.8) is 0 Å². The molecule has 0 spiro atoms. The molecule has 1 heterocycles. The molecule has 2 amide bonds. The predicted octanol–water partition coefficient (Wildman–Crippen LogP) is 1.98. The van der Waals surface area contributed by atoms with Gasteiger partial charge in [-0.2, -0.15) is 0 Å². The molecule has 0 aliphatic rings. The third-order valence-electron chi connectivity index (χ3n) is 3.80. The van der Waals surface area contributed by atoms with Crippen LogP contribution in [0.3, 0.4) is 0 Å². The smallest absolute Gasteiger partial charge is 0.313 e. The first-order chi connectivity index (χ1) is 12.2. The first kappa shape index (κ1) is 16.6. The number of pyridine rings is 1. The highest BCUT2D eigenvalue weighted by Gasteiger charge is 2.14. The van der Waals surface area contributed by atoms with Gasteiger partial charge in [0.15, 0.2) is 0 Å². The summed E-state index contributed by atoms with van der Waals surface area (Å²) in [6.45, 7) is 0.0496. The van der Waals surface area contributed by atoms with Crippen LogP contribution in [0, 0.1) is 0 Å². The van der Waals surface area contributed by atoms with E-state index in [0.717, 1.165) is 16.5 Å². The van der Waals surface area contributed by atoms with Crippen LogP contribution in [0.4, 0.5) is 5.69 Å². The lowest BCUT2D eigenvalue weighted by molar-refractivity contribution is -0.136. The molecule has 6 nitrogen and oxygen atoms in total. The van der Waals surface area contributed by atoms with Gasteiger partial charge in [-0.1, -0.05) is 30.3 Å². The highest BCUT2D eigenvalue weighted by atomic mass is 16.3. The van der Waals surface area contributed by atoms with E-state index in [4.69, 9.17) is 0 Å². The summed E-state index contributed by atoms with van der Waals surface area (Å²) >= 11 is 0. The Bertz CT molecular complexity index is 924. The molecule has 126 valence electrons. The lowest BCUT2D eigenvalue weighted by Gasteiger charge is -2.09. The molecule has 3 N–H and O–H groups in total. The number of hydrogen-bond acceptors (Lipinski definition) is 4. The first-order valence-corrected chi connectivity index (χ1v) is 7.79. The Hall–Kier alpha value is -3.25. The zero-order valence-electron chi connectivity index (χ0n) is 13.4. The number of carbonyl (C=O) groups is 2. The zero-order chi connectivity index (χ0) is 17.6. The van der Waals surface area contributed by atoms with Crippen LogP contribution in [0.2, 0.25) is 0 Å². The largest absolute Gasteiger partial charge is 0.392 e. The summed E-state index contributed by atoms with van der Waals surface area (Å²) in [6, 6.07) is 16.1. The van der Waals surface area contributed by atoms with E-state index in [1.54, 1.807) is 48.7 Å². The van der Waals surface area contributed by atoms with E-state index in [9.17, 15) is 14.7 Å². The molecule has 2 aromatic carbocycles. The summed E-state index contributed by atoms with van der Waals surface area (Å²) in [5.41, 5.74) is 2.81. The number of aromatic nitrogens is 1.